The lowest BCUT2D eigenvalue weighted by atomic mass is 9.84. The van der Waals surface area contributed by atoms with Crippen molar-refractivity contribution in [3.8, 4) is 0 Å². The van der Waals surface area contributed by atoms with E-state index in [1.807, 2.05) is 66.4 Å². The Bertz CT molecular complexity index is 1410. The van der Waals surface area contributed by atoms with E-state index >= 15 is 0 Å². The summed E-state index contributed by atoms with van der Waals surface area (Å²) in [6, 6.07) is 25.3. The fourth-order valence-electron chi connectivity index (χ4n) is 5.74. The number of piperazine rings is 1. The smallest absolute Gasteiger partial charge is 0.246 e. The van der Waals surface area contributed by atoms with Crippen molar-refractivity contribution in [2.45, 2.75) is 38.4 Å². The lowest BCUT2D eigenvalue weighted by molar-refractivity contribution is -0.160. The number of amides is 2. The Kier molecular flexibility index (Phi) is 4.80. The van der Waals surface area contributed by atoms with Gasteiger partial charge in [-0.2, -0.15) is 0 Å². The Morgan fingerprint density at radius 1 is 0.912 bits per heavy atom. The van der Waals surface area contributed by atoms with Crippen LogP contribution in [0.15, 0.2) is 78.9 Å². The molecule has 3 aromatic carbocycles. The Hall–Kier alpha value is -3.86. The molecule has 3 unspecified atom stereocenters. The number of carbonyl (C=O) groups is 2. The van der Waals surface area contributed by atoms with Crippen molar-refractivity contribution in [1.82, 2.24) is 14.8 Å². The minimum absolute atomic E-state index is 0.00931. The first-order chi connectivity index (χ1) is 16.5. The number of hydrogen-bond donors (Lipinski definition) is 1. The van der Waals surface area contributed by atoms with E-state index in [1.165, 1.54) is 0 Å². The molecular formula is C29H27N3O2. The summed E-state index contributed by atoms with van der Waals surface area (Å²) in [4.78, 5) is 34.9. The summed E-state index contributed by atoms with van der Waals surface area (Å²) in [7, 11) is 0. The van der Waals surface area contributed by atoms with Gasteiger partial charge in [0.1, 0.15) is 12.6 Å². The fourth-order valence-corrected chi connectivity index (χ4v) is 5.74. The molecule has 0 saturated carbocycles. The SMILES string of the molecule is Cc1ccccc1C1c2[nH]c3ccccc3c2CC2C(=O)N(C(C)c3ccccc3)CC(=O)N21. The topological polar surface area (TPSA) is 56.4 Å². The Balaban J connectivity index is 1.50. The van der Waals surface area contributed by atoms with Crippen LogP contribution in [-0.2, 0) is 16.0 Å². The Morgan fingerprint density at radius 3 is 2.41 bits per heavy atom. The van der Waals surface area contributed by atoms with Crippen molar-refractivity contribution in [3.05, 3.63) is 107 Å². The Morgan fingerprint density at radius 2 is 1.62 bits per heavy atom. The van der Waals surface area contributed by atoms with E-state index < -0.39 is 6.04 Å². The molecule has 5 nitrogen and oxygen atoms in total. The number of nitrogens with one attached hydrogen (secondary N) is 1. The van der Waals surface area contributed by atoms with Gasteiger partial charge in [0.25, 0.3) is 0 Å². The second-order valence-corrected chi connectivity index (χ2v) is 9.40. The van der Waals surface area contributed by atoms with Crippen molar-refractivity contribution in [3.63, 3.8) is 0 Å². The molecular weight excluding hydrogens is 422 g/mol. The molecule has 1 aromatic heterocycles. The third-order valence-corrected chi connectivity index (χ3v) is 7.53. The van der Waals surface area contributed by atoms with Crippen molar-refractivity contribution in [1.29, 1.82) is 0 Å². The monoisotopic (exact) mass is 449 g/mol. The number of para-hydroxylation sites is 1. The number of benzene rings is 3. The van der Waals surface area contributed by atoms with E-state index in [-0.39, 0.29) is 30.4 Å². The first-order valence-corrected chi connectivity index (χ1v) is 11.9. The third-order valence-electron chi connectivity index (χ3n) is 7.53. The van der Waals surface area contributed by atoms with Gasteiger partial charge in [-0.05, 0) is 42.2 Å². The van der Waals surface area contributed by atoms with E-state index in [4.69, 9.17) is 0 Å². The van der Waals surface area contributed by atoms with E-state index in [0.717, 1.165) is 38.9 Å². The first kappa shape index (κ1) is 20.7. The molecule has 0 spiro atoms. The average Bonchev–Trinajstić information content (AvgIpc) is 3.24. The van der Waals surface area contributed by atoms with Gasteiger partial charge in [-0.25, -0.2) is 0 Å². The van der Waals surface area contributed by atoms with Crippen molar-refractivity contribution in [2.24, 2.45) is 0 Å². The number of fused-ring (bicyclic) bond motifs is 4. The zero-order valence-corrected chi connectivity index (χ0v) is 19.4. The molecule has 1 N–H and O–H groups in total. The summed E-state index contributed by atoms with van der Waals surface area (Å²) in [5.74, 6) is 0.00964. The lowest BCUT2D eigenvalue weighted by Gasteiger charge is -2.48. The van der Waals surface area contributed by atoms with Crippen LogP contribution in [0.5, 0.6) is 0 Å². The van der Waals surface area contributed by atoms with Crippen LogP contribution in [0.4, 0.5) is 0 Å². The highest BCUT2D eigenvalue weighted by molar-refractivity contribution is 5.98. The number of aryl methyl sites for hydroxylation is 1. The number of nitrogens with zero attached hydrogens (tertiary/aromatic N) is 2. The summed E-state index contributed by atoms with van der Waals surface area (Å²) in [5, 5.41) is 1.13. The first-order valence-electron chi connectivity index (χ1n) is 11.9. The van der Waals surface area contributed by atoms with Crippen LogP contribution in [-0.4, -0.2) is 39.2 Å². The van der Waals surface area contributed by atoms with E-state index in [1.54, 1.807) is 4.90 Å². The molecule has 3 heterocycles. The summed E-state index contributed by atoms with van der Waals surface area (Å²) in [6.07, 6.45) is 0.518. The van der Waals surface area contributed by atoms with Gasteiger partial charge in [-0.15, -0.1) is 0 Å². The van der Waals surface area contributed by atoms with Crippen LogP contribution < -0.4 is 0 Å². The summed E-state index contributed by atoms with van der Waals surface area (Å²) < 4.78 is 0. The molecule has 1 saturated heterocycles. The maximum Gasteiger partial charge on any atom is 0.246 e. The van der Waals surface area contributed by atoms with Gasteiger partial charge in [0, 0.05) is 23.0 Å². The fraction of sp³-hybridized carbons (Fsp3) is 0.241. The van der Waals surface area contributed by atoms with Crippen LogP contribution in [0, 0.1) is 6.92 Å². The predicted octanol–water partition coefficient (Wildman–Crippen LogP) is 4.92. The van der Waals surface area contributed by atoms with Gasteiger partial charge < -0.3 is 14.8 Å². The standard InChI is InChI=1S/C29H27N3O2/c1-18-10-6-7-13-21(18)28-27-23(22-14-8-9-15-24(22)30-27)16-25-29(34)31(17-26(33)32(25)28)19(2)20-11-4-3-5-12-20/h3-15,19,25,28,30H,16-17H2,1-2H3. The van der Waals surface area contributed by atoms with Crippen LogP contribution >= 0.6 is 0 Å². The number of hydrogen-bond acceptors (Lipinski definition) is 2. The number of aromatic amines is 1. The van der Waals surface area contributed by atoms with Gasteiger partial charge >= 0.3 is 0 Å². The minimum Gasteiger partial charge on any atom is -0.356 e. The van der Waals surface area contributed by atoms with Crippen molar-refractivity contribution >= 4 is 22.7 Å². The molecule has 0 radical (unpaired) electrons. The minimum atomic E-state index is -0.524. The third kappa shape index (κ3) is 3.07. The quantitative estimate of drug-likeness (QED) is 0.483. The van der Waals surface area contributed by atoms with E-state index in [2.05, 4.69) is 36.2 Å². The highest BCUT2D eigenvalue weighted by atomic mass is 16.2. The largest absolute Gasteiger partial charge is 0.356 e. The lowest BCUT2D eigenvalue weighted by Crippen LogP contribution is -2.63. The molecule has 6 rings (SSSR count). The van der Waals surface area contributed by atoms with Gasteiger partial charge in [0.05, 0.1) is 12.1 Å². The normalized spacial score (nSPS) is 20.9. The molecule has 1 fully saturated rings. The van der Waals surface area contributed by atoms with Crippen LogP contribution in [0.25, 0.3) is 10.9 Å². The van der Waals surface area contributed by atoms with Crippen LogP contribution in [0.3, 0.4) is 0 Å². The predicted molar refractivity (Wildman–Crippen MR) is 132 cm³/mol. The summed E-state index contributed by atoms with van der Waals surface area (Å²) in [6.45, 7) is 4.17. The molecule has 2 aliphatic rings. The van der Waals surface area contributed by atoms with Gasteiger partial charge in [-0.1, -0.05) is 72.8 Å². The number of aromatic nitrogens is 1. The summed E-state index contributed by atoms with van der Waals surface area (Å²) in [5.41, 5.74) is 6.42. The molecule has 0 aliphatic carbocycles. The zero-order valence-electron chi connectivity index (χ0n) is 19.4. The highest BCUT2D eigenvalue weighted by Gasteiger charge is 2.49. The Labute approximate surface area is 199 Å². The average molecular weight is 450 g/mol. The number of rotatable bonds is 3. The second kappa shape index (κ2) is 7.87. The van der Waals surface area contributed by atoms with Gasteiger partial charge in [0.15, 0.2) is 0 Å². The molecule has 3 atom stereocenters. The number of carbonyl (C=O) groups excluding carboxylic acids is 2. The van der Waals surface area contributed by atoms with Gasteiger partial charge in [0.2, 0.25) is 11.8 Å². The second-order valence-electron chi connectivity index (χ2n) is 9.40. The molecule has 4 aromatic rings. The van der Waals surface area contributed by atoms with Crippen molar-refractivity contribution in [2.75, 3.05) is 6.54 Å². The molecule has 34 heavy (non-hydrogen) atoms. The van der Waals surface area contributed by atoms with E-state index in [0.29, 0.717) is 6.42 Å². The molecule has 0 bridgehead atoms. The van der Waals surface area contributed by atoms with Crippen LogP contribution in [0.1, 0.15) is 47.0 Å². The molecule has 2 amide bonds. The zero-order chi connectivity index (χ0) is 23.4. The molecule has 170 valence electrons. The maximum absolute atomic E-state index is 14.0. The number of H-pyrrole nitrogens is 1. The molecule has 2 aliphatic heterocycles. The van der Waals surface area contributed by atoms with E-state index in [9.17, 15) is 9.59 Å². The van der Waals surface area contributed by atoms with Gasteiger partial charge in [-0.3, -0.25) is 9.59 Å². The maximum atomic E-state index is 14.0. The highest BCUT2D eigenvalue weighted by Crippen LogP contribution is 2.44. The molecule has 5 heteroatoms. The summed E-state index contributed by atoms with van der Waals surface area (Å²) >= 11 is 0. The van der Waals surface area contributed by atoms with Crippen molar-refractivity contribution < 1.29 is 9.59 Å². The van der Waals surface area contributed by atoms with Crippen LogP contribution in [0.2, 0.25) is 0 Å².